The van der Waals surface area contributed by atoms with E-state index in [4.69, 9.17) is 4.74 Å². The van der Waals surface area contributed by atoms with Crippen molar-refractivity contribution in [3.05, 3.63) is 59.9 Å². The largest absolute Gasteiger partial charge is 0.494 e. The number of pyridine rings is 1. The molecule has 6 heteroatoms. The number of ether oxygens (including phenoxy) is 1. The SMILES string of the molecule is CCOc1ccc(CN2C[C@@H](CO)[C@H](NC(=O)c3ccncc3)C2)cc1. The molecule has 1 fully saturated rings. The highest BCUT2D eigenvalue weighted by Gasteiger charge is 2.33. The van der Waals surface area contributed by atoms with Gasteiger partial charge in [-0.2, -0.15) is 0 Å². The molecule has 2 heterocycles. The summed E-state index contributed by atoms with van der Waals surface area (Å²) in [5.41, 5.74) is 1.77. The number of benzene rings is 1. The molecule has 0 saturated carbocycles. The molecule has 1 amide bonds. The number of aliphatic hydroxyl groups is 1. The lowest BCUT2D eigenvalue weighted by molar-refractivity contribution is 0.0921. The number of likely N-dealkylation sites (tertiary alicyclic amines) is 1. The Morgan fingerprint density at radius 1 is 1.23 bits per heavy atom. The highest BCUT2D eigenvalue weighted by atomic mass is 16.5. The van der Waals surface area contributed by atoms with Crippen LogP contribution in [-0.2, 0) is 6.54 Å². The summed E-state index contributed by atoms with van der Waals surface area (Å²) in [4.78, 5) is 18.6. The van der Waals surface area contributed by atoms with E-state index in [-0.39, 0.29) is 24.5 Å². The minimum absolute atomic E-state index is 0.0310. The maximum absolute atomic E-state index is 12.4. The summed E-state index contributed by atoms with van der Waals surface area (Å²) < 4.78 is 5.47. The number of aromatic nitrogens is 1. The van der Waals surface area contributed by atoms with Crippen LogP contribution < -0.4 is 10.1 Å². The summed E-state index contributed by atoms with van der Waals surface area (Å²) in [6.45, 7) is 4.93. The number of carbonyl (C=O) groups is 1. The smallest absolute Gasteiger partial charge is 0.251 e. The summed E-state index contributed by atoms with van der Waals surface area (Å²) in [6.07, 6.45) is 3.20. The zero-order valence-corrected chi connectivity index (χ0v) is 15.0. The van der Waals surface area contributed by atoms with Crippen LogP contribution in [0.4, 0.5) is 0 Å². The van der Waals surface area contributed by atoms with Gasteiger partial charge in [-0.1, -0.05) is 12.1 Å². The van der Waals surface area contributed by atoms with E-state index in [1.54, 1.807) is 24.5 Å². The third kappa shape index (κ3) is 4.59. The second-order valence-electron chi connectivity index (χ2n) is 6.53. The van der Waals surface area contributed by atoms with Crippen LogP contribution in [0, 0.1) is 5.92 Å². The molecule has 1 aliphatic heterocycles. The molecule has 2 atom stereocenters. The van der Waals surface area contributed by atoms with E-state index >= 15 is 0 Å². The molecule has 26 heavy (non-hydrogen) atoms. The van der Waals surface area contributed by atoms with Gasteiger partial charge < -0.3 is 15.2 Å². The molecule has 1 aliphatic rings. The summed E-state index contributed by atoms with van der Waals surface area (Å²) in [5, 5.41) is 12.7. The van der Waals surface area contributed by atoms with E-state index in [9.17, 15) is 9.90 Å². The predicted octanol–water partition coefficient (Wildman–Crippen LogP) is 1.70. The minimum atomic E-state index is -0.126. The summed E-state index contributed by atoms with van der Waals surface area (Å²) >= 11 is 0. The van der Waals surface area contributed by atoms with Crippen LogP contribution in [0.2, 0.25) is 0 Å². The van der Waals surface area contributed by atoms with Gasteiger partial charge in [-0.05, 0) is 36.8 Å². The number of nitrogens with one attached hydrogen (secondary N) is 1. The minimum Gasteiger partial charge on any atom is -0.494 e. The Hall–Kier alpha value is -2.44. The van der Waals surface area contributed by atoms with Gasteiger partial charge in [-0.25, -0.2) is 0 Å². The van der Waals surface area contributed by atoms with Gasteiger partial charge in [0.1, 0.15) is 5.75 Å². The zero-order valence-electron chi connectivity index (χ0n) is 15.0. The second-order valence-corrected chi connectivity index (χ2v) is 6.53. The van der Waals surface area contributed by atoms with E-state index < -0.39 is 0 Å². The first-order chi connectivity index (χ1) is 12.7. The van der Waals surface area contributed by atoms with Gasteiger partial charge in [0, 0.05) is 56.2 Å². The number of nitrogens with zero attached hydrogens (tertiary/aromatic N) is 2. The fourth-order valence-corrected chi connectivity index (χ4v) is 3.31. The summed E-state index contributed by atoms with van der Waals surface area (Å²) in [5.74, 6) is 0.774. The van der Waals surface area contributed by atoms with Crippen molar-refractivity contribution in [2.24, 2.45) is 5.92 Å². The number of rotatable bonds is 7. The Morgan fingerprint density at radius 2 is 1.96 bits per heavy atom. The van der Waals surface area contributed by atoms with Crippen LogP contribution in [0.25, 0.3) is 0 Å². The quantitative estimate of drug-likeness (QED) is 0.791. The van der Waals surface area contributed by atoms with E-state index in [1.807, 2.05) is 19.1 Å². The van der Waals surface area contributed by atoms with E-state index in [2.05, 4.69) is 27.3 Å². The van der Waals surface area contributed by atoms with E-state index in [0.717, 1.165) is 25.4 Å². The third-order valence-electron chi connectivity index (χ3n) is 4.65. The Morgan fingerprint density at radius 3 is 2.62 bits per heavy atom. The molecule has 1 aromatic carbocycles. The van der Waals surface area contributed by atoms with Gasteiger partial charge in [-0.3, -0.25) is 14.7 Å². The monoisotopic (exact) mass is 355 g/mol. The first-order valence-electron chi connectivity index (χ1n) is 8.95. The Balaban J connectivity index is 1.58. The van der Waals surface area contributed by atoms with Crippen LogP contribution in [-0.4, -0.2) is 53.2 Å². The Bertz CT molecular complexity index is 706. The normalized spacial score (nSPS) is 20.1. The first-order valence-corrected chi connectivity index (χ1v) is 8.95. The van der Waals surface area contributed by atoms with Crippen molar-refractivity contribution in [1.82, 2.24) is 15.2 Å². The lowest BCUT2D eigenvalue weighted by atomic mass is 10.0. The lowest BCUT2D eigenvalue weighted by Gasteiger charge is -2.18. The maximum Gasteiger partial charge on any atom is 0.251 e. The molecule has 0 unspecified atom stereocenters. The predicted molar refractivity (Wildman–Crippen MR) is 99.0 cm³/mol. The second kappa shape index (κ2) is 8.78. The average molecular weight is 355 g/mol. The number of hydrogen-bond acceptors (Lipinski definition) is 5. The van der Waals surface area contributed by atoms with Gasteiger partial charge in [0.2, 0.25) is 0 Å². The van der Waals surface area contributed by atoms with Gasteiger partial charge >= 0.3 is 0 Å². The topological polar surface area (TPSA) is 74.7 Å². The molecule has 0 aliphatic carbocycles. The van der Waals surface area contributed by atoms with Gasteiger partial charge in [-0.15, -0.1) is 0 Å². The number of hydrogen-bond donors (Lipinski definition) is 2. The molecule has 2 N–H and O–H groups in total. The van der Waals surface area contributed by atoms with E-state index in [1.165, 1.54) is 5.56 Å². The maximum atomic E-state index is 12.4. The molecule has 0 spiro atoms. The van der Waals surface area contributed by atoms with Crippen molar-refractivity contribution in [3.63, 3.8) is 0 Å². The Kier molecular flexibility index (Phi) is 6.20. The van der Waals surface area contributed by atoms with Crippen molar-refractivity contribution in [2.75, 3.05) is 26.3 Å². The summed E-state index contributed by atoms with van der Waals surface area (Å²) in [7, 11) is 0. The molecule has 1 aromatic heterocycles. The highest BCUT2D eigenvalue weighted by molar-refractivity contribution is 5.94. The van der Waals surface area contributed by atoms with Crippen LogP contribution in [0.3, 0.4) is 0 Å². The molecule has 0 radical (unpaired) electrons. The highest BCUT2D eigenvalue weighted by Crippen LogP contribution is 2.21. The fourth-order valence-electron chi connectivity index (χ4n) is 3.31. The fraction of sp³-hybridized carbons (Fsp3) is 0.400. The van der Waals surface area contributed by atoms with Crippen molar-refractivity contribution in [1.29, 1.82) is 0 Å². The molecule has 6 nitrogen and oxygen atoms in total. The van der Waals surface area contributed by atoms with Crippen molar-refractivity contribution >= 4 is 5.91 Å². The third-order valence-corrected chi connectivity index (χ3v) is 4.65. The summed E-state index contributed by atoms with van der Waals surface area (Å²) in [6, 6.07) is 11.4. The first kappa shape index (κ1) is 18.4. The van der Waals surface area contributed by atoms with Gasteiger partial charge in [0.05, 0.1) is 6.61 Å². The van der Waals surface area contributed by atoms with Crippen LogP contribution in [0.15, 0.2) is 48.8 Å². The standard InChI is InChI=1S/C20H25N3O3/c1-2-26-18-5-3-15(4-6-18)11-23-12-17(14-24)19(13-23)22-20(25)16-7-9-21-10-8-16/h3-10,17,19,24H,2,11-14H2,1H3,(H,22,25)/t17-,19+/m0/s1. The van der Waals surface area contributed by atoms with E-state index in [0.29, 0.717) is 12.2 Å². The molecule has 0 bridgehead atoms. The van der Waals surface area contributed by atoms with Crippen molar-refractivity contribution < 1.29 is 14.6 Å². The number of amides is 1. The van der Waals surface area contributed by atoms with Crippen LogP contribution >= 0.6 is 0 Å². The molecule has 3 rings (SSSR count). The Labute approximate surface area is 153 Å². The lowest BCUT2D eigenvalue weighted by Crippen LogP contribution is -2.41. The molecule has 138 valence electrons. The van der Waals surface area contributed by atoms with Crippen molar-refractivity contribution in [3.8, 4) is 5.75 Å². The molecule has 1 saturated heterocycles. The number of aliphatic hydroxyl groups excluding tert-OH is 1. The zero-order chi connectivity index (χ0) is 18.4. The molecular formula is C20H25N3O3. The molecular weight excluding hydrogens is 330 g/mol. The average Bonchev–Trinajstić information content (AvgIpc) is 3.05. The molecule has 2 aromatic rings. The van der Waals surface area contributed by atoms with Gasteiger partial charge in [0.25, 0.3) is 5.91 Å². The van der Waals surface area contributed by atoms with Crippen LogP contribution in [0.5, 0.6) is 5.75 Å². The van der Waals surface area contributed by atoms with Crippen molar-refractivity contribution in [2.45, 2.75) is 19.5 Å². The van der Waals surface area contributed by atoms with Crippen LogP contribution in [0.1, 0.15) is 22.8 Å². The number of carbonyl (C=O) groups excluding carboxylic acids is 1. The van der Waals surface area contributed by atoms with Gasteiger partial charge in [0.15, 0.2) is 0 Å².